The summed E-state index contributed by atoms with van der Waals surface area (Å²) in [7, 11) is 1.61. The molecule has 1 fully saturated rings. The number of nitrogen functional groups attached to an aromatic ring is 1. The molecule has 114 valence electrons. The molecule has 0 radical (unpaired) electrons. The third-order valence-electron chi connectivity index (χ3n) is 3.61. The van der Waals surface area contributed by atoms with Gasteiger partial charge in [0.05, 0.1) is 4.92 Å². The minimum absolute atomic E-state index is 0.00878. The molecular weight excluding hydrogens is 276 g/mol. The van der Waals surface area contributed by atoms with Crippen molar-refractivity contribution in [1.29, 1.82) is 0 Å². The molecule has 1 aromatic rings. The van der Waals surface area contributed by atoms with Crippen LogP contribution in [0.25, 0.3) is 0 Å². The second kappa shape index (κ2) is 6.35. The van der Waals surface area contributed by atoms with Crippen LogP contribution in [-0.4, -0.2) is 36.0 Å². The minimum Gasteiger partial charge on any atom is -0.359 e. The second-order valence-electron chi connectivity index (χ2n) is 4.82. The highest BCUT2D eigenvalue weighted by Gasteiger charge is 2.29. The van der Waals surface area contributed by atoms with E-state index < -0.39 is 4.92 Å². The average Bonchev–Trinajstić information content (AvgIpc) is 2.53. The van der Waals surface area contributed by atoms with Gasteiger partial charge in [0.2, 0.25) is 11.7 Å². The highest BCUT2D eigenvalue weighted by molar-refractivity contribution is 5.78. The SMILES string of the molecule is CNC(=O)C1CCN(c2nc(NN)ccc2[N+](=O)[O-])CC1. The fourth-order valence-electron chi connectivity index (χ4n) is 2.45. The predicted molar refractivity (Wildman–Crippen MR) is 77.7 cm³/mol. The summed E-state index contributed by atoms with van der Waals surface area (Å²) in [5.41, 5.74) is 2.32. The number of amides is 1. The van der Waals surface area contributed by atoms with E-state index in [1.807, 2.05) is 4.90 Å². The third-order valence-corrected chi connectivity index (χ3v) is 3.61. The Hall–Kier alpha value is -2.42. The zero-order chi connectivity index (χ0) is 15.4. The quantitative estimate of drug-likeness (QED) is 0.412. The normalized spacial score (nSPS) is 15.6. The molecule has 0 bridgehead atoms. The summed E-state index contributed by atoms with van der Waals surface area (Å²) in [4.78, 5) is 28.2. The topological polar surface area (TPSA) is 126 Å². The Kier molecular flexibility index (Phi) is 4.53. The summed E-state index contributed by atoms with van der Waals surface area (Å²) in [5.74, 6) is 5.90. The number of hydrogen-bond acceptors (Lipinski definition) is 7. The van der Waals surface area contributed by atoms with Crippen molar-refractivity contribution in [3.8, 4) is 0 Å². The van der Waals surface area contributed by atoms with Crippen molar-refractivity contribution in [2.75, 3.05) is 30.5 Å². The molecule has 0 aromatic carbocycles. The lowest BCUT2D eigenvalue weighted by Gasteiger charge is -2.31. The molecule has 0 atom stereocenters. The van der Waals surface area contributed by atoms with Crippen LogP contribution in [0, 0.1) is 16.0 Å². The van der Waals surface area contributed by atoms with Crippen LogP contribution in [0.4, 0.5) is 17.3 Å². The molecule has 1 aliphatic heterocycles. The van der Waals surface area contributed by atoms with Crippen molar-refractivity contribution in [3.05, 3.63) is 22.2 Å². The van der Waals surface area contributed by atoms with Gasteiger partial charge in [-0.1, -0.05) is 0 Å². The number of hydrazine groups is 1. The van der Waals surface area contributed by atoms with E-state index in [2.05, 4.69) is 15.7 Å². The Morgan fingerprint density at radius 3 is 2.67 bits per heavy atom. The molecule has 9 heteroatoms. The maximum absolute atomic E-state index is 11.6. The number of rotatable bonds is 4. The van der Waals surface area contributed by atoms with Gasteiger partial charge in [0, 0.05) is 32.1 Å². The van der Waals surface area contributed by atoms with Gasteiger partial charge in [-0.3, -0.25) is 14.9 Å². The van der Waals surface area contributed by atoms with Gasteiger partial charge in [0.25, 0.3) is 0 Å². The van der Waals surface area contributed by atoms with E-state index in [4.69, 9.17) is 5.84 Å². The van der Waals surface area contributed by atoms with Crippen molar-refractivity contribution >= 4 is 23.2 Å². The molecule has 1 aromatic heterocycles. The number of nitrogens with zero attached hydrogens (tertiary/aromatic N) is 3. The van der Waals surface area contributed by atoms with E-state index in [1.165, 1.54) is 12.1 Å². The van der Waals surface area contributed by atoms with Gasteiger partial charge >= 0.3 is 5.69 Å². The highest BCUT2D eigenvalue weighted by Crippen LogP contribution is 2.30. The monoisotopic (exact) mass is 294 g/mol. The number of nitro groups is 1. The summed E-state index contributed by atoms with van der Waals surface area (Å²) in [5, 5.41) is 13.7. The van der Waals surface area contributed by atoms with Gasteiger partial charge in [-0.25, -0.2) is 10.8 Å². The maximum atomic E-state index is 11.6. The molecule has 2 rings (SSSR count). The number of carbonyl (C=O) groups is 1. The Balaban J connectivity index is 2.19. The number of piperidine rings is 1. The highest BCUT2D eigenvalue weighted by atomic mass is 16.6. The summed E-state index contributed by atoms with van der Waals surface area (Å²) >= 11 is 0. The minimum atomic E-state index is -0.465. The number of nitrogens with one attached hydrogen (secondary N) is 2. The first kappa shape index (κ1) is 15.0. The van der Waals surface area contributed by atoms with Gasteiger partial charge in [-0.15, -0.1) is 0 Å². The first-order valence-corrected chi connectivity index (χ1v) is 6.65. The first-order valence-electron chi connectivity index (χ1n) is 6.65. The summed E-state index contributed by atoms with van der Waals surface area (Å²) < 4.78 is 0. The van der Waals surface area contributed by atoms with Gasteiger partial charge in [-0.2, -0.15) is 0 Å². The number of pyridine rings is 1. The van der Waals surface area contributed by atoms with E-state index in [1.54, 1.807) is 7.05 Å². The van der Waals surface area contributed by atoms with Gasteiger partial charge in [-0.05, 0) is 18.9 Å². The molecule has 21 heavy (non-hydrogen) atoms. The molecule has 0 saturated carbocycles. The average molecular weight is 294 g/mol. The van der Waals surface area contributed by atoms with E-state index in [9.17, 15) is 14.9 Å². The Labute approximate surface area is 121 Å². The van der Waals surface area contributed by atoms with Crippen LogP contribution in [0.15, 0.2) is 12.1 Å². The van der Waals surface area contributed by atoms with Crippen LogP contribution in [0.3, 0.4) is 0 Å². The zero-order valence-corrected chi connectivity index (χ0v) is 11.7. The molecule has 4 N–H and O–H groups in total. The molecule has 1 saturated heterocycles. The predicted octanol–water partition coefficient (Wildman–Crippen LogP) is 0.238. The van der Waals surface area contributed by atoms with Crippen molar-refractivity contribution in [2.45, 2.75) is 12.8 Å². The standard InChI is InChI=1S/C12H18N6O3/c1-14-12(19)8-4-6-17(7-5-8)11-9(18(20)21)2-3-10(15-11)16-13/h2-3,8H,4-7,13H2,1H3,(H,14,19)(H,15,16). The van der Waals surface area contributed by atoms with Crippen molar-refractivity contribution in [3.63, 3.8) is 0 Å². The van der Waals surface area contributed by atoms with E-state index in [-0.39, 0.29) is 23.3 Å². The maximum Gasteiger partial charge on any atom is 0.311 e. The Morgan fingerprint density at radius 2 is 2.14 bits per heavy atom. The van der Waals surface area contributed by atoms with Crippen LogP contribution in [0.5, 0.6) is 0 Å². The van der Waals surface area contributed by atoms with Gasteiger partial charge < -0.3 is 15.6 Å². The van der Waals surface area contributed by atoms with E-state index >= 15 is 0 Å². The molecule has 0 spiro atoms. The van der Waals surface area contributed by atoms with E-state index in [0.29, 0.717) is 31.7 Å². The van der Waals surface area contributed by atoms with Gasteiger partial charge in [0.15, 0.2) is 0 Å². The molecule has 1 amide bonds. The Morgan fingerprint density at radius 1 is 1.48 bits per heavy atom. The smallest absolute Gasteiger partial charge is 0.311 e. The zero-order valence-electron chi connectivity index (χ0n) is 11.7. The molecule has 2 heterocycles. The molecule has 9 nitrogen and oxygen atoms in total. The number of hydrogen-bond donors (Lipinski definition) is 3. The second-order valence-corrected chi connectivity index (χ2v) is 4.82. The largest absolute Gasteiger partial charge is 0.359 e. The summed E-state index contributed by atoms with van der Waals surface area (Å²) in [6, 6.07) is 2.83. The van der Waals surface area contributed by atoms with Crippen LogP contribution in [0.2, 0.25) is 0 Å². The fourth-order valence-corrected chi connectivity index (χ4v) is 2.45. The van der Waals surface area contributed by atoms with Crippen LogP contribution in [-0.2, 0) is 4.79 Å². The summed E-state index contributed by atoms with van der Waals surface area (Å²) in [6.07, 6.45) is 1.28. The van der Waals surface area contributed by atoms with Crippen LogP contribution >= 0.6 is 0 Å². The van der Waals surface area contributed by atoms with E-state index in [0.717, 1.165) is 0 Å². The van der Waals surface area contributed by atoms with Crippen LogP contribution in [0.1, 0.15) is 12.8 Å². The molecule has 1 aliphatic rings. The van der Waals surface area contributed by atoms with Crippen molar-refractivity contribution in [1.82, 2.24) is 10.3 Å². The van der Waals surface area contributed by atoms with Crippen LogP contribution < -0.4 is 21.5 Å². The molecule has 0 unspecified atom stereocenters. The van der Waals surface area contributed by atoms with Crippen molar-refractivity contribution in [2.24, 2.45) is 11.8 Å². The lowest BCUT2D eigenvalue weighted by atomic mass is 9.96. The number of carbonyl (C=O) groups excluding carboxylic acids is 1. The molecule has 0 aliphatic carbocycles. The fraction of sp³-hybridized carbons (Fsp3) is 0.500. The third kappa shape index (κ3) is 3.19. The lowest BCUT2D eigenvalue weighted by molar-refractivity contribution is -0.384. The Bertz CT molecular complexity index is 542. The molecular formula is C12H18N6O3. The number of anilines is 2. The lowest BCUT2D eigenvalue weighted by Crippen LogP contribution is -2.40. The first-order chi connectivity index (χ1) is 10.1. The van der Waals surface area contributed by atoms with Gasteiger partial charge in [0.1, 0.15) is 5.82 Å². The van der Waals surface area contributed by atoms with Crippen molar-refractivity contribution < 1.29 is 9.72 Å². The number of nitrogens with two attached hydrogens (primary N) is 1. The number of aromatic nitrogens is 1. The summed E-state index contributed by atoms with van der Waals surface area (Å²) in [6.45, 7) is 1.08.